The third-order valence-electron chi connectivity index (χ3n) is 2.87. The van der Waals surface area contributed by atoms with Crippen LogP contribution in [0.5, 0.6) is 5.75 Å². The fourth-order valence-electron chi connectivity index (χ4n) is 1.89. The van der Waals surface area contributed by atoms with Gasteiger partial charge in [0.2, 0.25) is 0 Å². The molecular weight excluding hydrogens is 278 g/mol. The van der Waals surface area contributed by atoms with Crippen molar-refractivity contribution >= 4 is 17.3 Å². The number of amides is 1. The highest BCUT2D eigenvalue weighted by Crippen LogP contribution is 2.20. The molecule has 0 bridgehead atoms. The molecule has 0 radical (unpaired) electrons. The van der Waals surface area contributed by atoms with Crippen LogP contribution in [0, 0.1) is 0 Å². The Labute approximate surface area is 130 Å². The van der Waals surface area contributed by atoms with Crippen LogP contribution in [-0.4, -0.2) is 23.5 Å². The lowest BCUT2D eigenvalue weighted by molar-refractivity contribution is 0.0919. The van der Waals surface area contributed by atoms with Crippen LogP contribution >= 0.6 is 0 Å². The van der Waals surface area contributed by atoms with Gasteiger partial charge in [0.05, 0.1) is 24.6 Å². The number of nitrogens with one attached hydrogen (secondary N) is 2. The van der Waals surface area contributed by atoms with Crippen molar-refractivity contribution in [3.8, 4) is 5.75 Å². The molecule has 1 heterocycles. The summed E-state index contributed by atoms with van der Waals surface area (Å²) in [5, 5.41) is 6.13. The number of aromatic nitrogens is 1. The zero-order valence-electron chi connectivity index (χ0n) is 13.3. The Bertz CT molecular complexity index is 646. The summed E-state index contributed by atoms with van der Waals surface area (Å²) in [6.07, 6.45) is 3.23. The third kappa shape index (κ3) is 4.48. The van der Waals surface area contributed by atoms with E-state index in [1.165, 1.54) is 0 Å². The van der Waals surface area contributed by atoms with E-state index in [1.54, 1.807) is 25.6 Å². The van der Waals surface area contributed by atoms with Crippen LogP contribution in [-0.2, 0) is 0 Å². The predicted octanol–water partition coefficient (Wildman–Crippen LogP) is 3.36. The van der Waals surface area contributed by atoms with Gasteiger partial charge in [0.15, 0.2) is 0 Å². The molecule has 0 fully saturated rings. The number of carbonyl (C=O) groups is 1. The molecule has 2 aromatic rings. The number of pyridine rings is 1. The zero-order chi connectivity index (χ0) is 16.2. The Hall–Kier alpha value is -2.56. The number of rotatable bonds is 4. The van der Waals surface area contributed by atoms with Crippen molar-refractivity contribution in [3.63, 3.8) is 0 Å². The summed E-state index contributed by atoms with van der Waals surface area (Å²) < 4.78 is 5.12. The lowest BCUT2D eigenvalue weighted by Crippen LogP contribution is -2.40. The lowest BCUT2D eigenvalue weighted by Gasteiger charge is -2.20. The van der Waals surface area contributed by atoms with Crippen molar-refractivity contribution in [2.75, 3.05) is 12.4 Å². The highest BCUT2D eigenvalue weighted by molar-refractivity contribution is 5.95. The van der Waals surface area contributed by atoms with Crippen molar-refractivity contribution in [2.24, 2.45) is 0 Å². The summed E-state index contributed by atoms with van der Waals surface area (Å²) in [6.45, 7) is 5.83. The Morgan fingerprint density at radius 1 is 1.09 bits per heavy atom. The quantitative estimate of drug-likeness (QED) is 0.908. The van der Waals surface area contributed by atoms with Gasteiger partial charge in [0.1, 0.15) is 5.75 Å². The first-order valence-electron chi connectivity index (χ1n) is 7.06. The minimum atomic E-state index is -0.281. The van der Waals surface area contributed by atoms with Gasteiger partial charge >= 0.3 is 0 Å². The fourth-order valence-corrected chi connectivity index (χ4v) is 1.89. The largest absolute Gasteiger partial charge is 0.497 e. The molecule has 0 aliphatic rings. The molecule has 0 saturated heterocycles. The first-order chi connectivity index (χ1) is 10.4. The monoisotopic (exact) mass is 299 g/mol. The molecule has 1 amide bonds. The van der Waals surface area contributed by atoms with E-state index in [1.807, 2.05) is 45.0 Å². The average Bonchev–Trinajstić information content (AvgIpc) is 2.46. The number of nitrogens with zero attached hydrogens (tertiary/aromatic N) is 1. The number of benzene rings is 1. The molecule has 1 aromatic heterocycles. The van der Waals surface area contributed by atoms with Crippen LogP contribution in [0.15, 0.2) is 42.7 Å². The van der Waals surface area contributed by atoms with Crippen molar-refractivity contribution < 1.29 is 9.53 Å². The topological polar surface area (TPSA) is 63.2 Å². The van der Waals surface area contributed by atoms with Gasteiger partial charge in [-0.25, -0.2) is 0 Å². The van der Waals surface area contributed by atoms with Crippen molar-refractivity contribution in [1.82, 2.24) is 10.3 Å². The highest BCUT2D eigenvalue weighted by Gasteiger charge is 2.15. The van der Waals surface area contributed by atoms with Gasteiger partial charge in [0.25, 0.3) is 5.91 Å². The SMILES string of the molecule is COc1ccc(Nc2cncc(C(=O)NC(C)(C)C)c2)cc1. The maximum atomic E-state index is 12.2. The molecule has 0 aliphatic heterocycles. The van der Waals surface area contributed by atoms with E-state index in [0.29, 0.717) is 5.56 Å². The highest BCUT2D eigenvalue weighted by atomic mass is 16.5. The first-order valence-corrected chi connectivity index (χ1v) is 7.06. The van der Waals surface area contributed by atoms with E-state index in [0.717, 1.165) is 17.1 Å². The molecule has 1 aromatic carbocycles. The molecule has 0 atom stereocenters. The lowest BCUT2D eigenvalue weighted by atomic mass is 10.1. The smallest absolute Gasteiger partial charge is 0.253 e. The van der Waals surface area contributed by atoms with E-state index in [-0.39, 0.29) is 11.4 Å². The molecule has 2 N–H and O–H groups in total. The van der Waals surface area contributed by atoms with Gasteiger partial charge in [-0.3, -0.25) is 9.78 Å². The molecular formula is C17H21N3O2. The summed E-state index contributed by atoms with van der Waals surface area (Å²) in [6, 6.07) is 9.32. The Kier molecular flexibility index (Phi) is 4.65. The number of anilines is 2. The molecule has 2 rings (SSSR count). The van der Waals surface area contributed by atoms with Gasteiger partial charge in [-0.05, 0) is 51.1 Å². The van der Waals surface area contributed by atoms with Crippen molar-refractivity contribution in [2.45, 2.75) is 26.3 Å². The summed E-state index contributed by atoms with van der Waals surface area (Å²) in [5.41, 5.74) is 1.90. The summed E-state index contributed by atoms with van der Waals surface area (Å²) >= 11 is 0. The summed E-state index contributed by atoms with van der Waals surface area (Å²) in [4.78, 5) is 16.3. The zero-order valence-corrected chi connectivity index (χ0v) is 13.3. The Balaban J connectivity index is 2.12. The van der Waals surface area contributed by atoms with Gasteiger partial charge < -0.3 is 15.4 Å². The van der Waals surface area contributed by atoms with Gasteiger partial charge in [-0.2, -0.15) is 0 Å². The van der Waals surface area contributed by atoms with Gasteiger partial charge in [-0.1, -0.05) is 0 Å². The van der Waals surface area contributed by atoms with E-state index in [2.05, 4.69) is 15.6 Å². The normalized spacial score (nSPS) is 10.9. The molecule has 0 spiro atoms. The molecule has 5 nitrogen and oxygen atoms in total. The van der Waals surface area contributed by atoms with Crippen molar-refractivity contribution in [3.05, 3.63) is 48.3 Å². The third-order valence-corrected chi connectivity index (χ3v) is 2.87. The standard InChI is InChI=1S/C17H21N3O2/c1-17(2,3)20-16(21)12-9-14(11-18-10-12)19-13-5-7-15(22-4)8-6-13/h5-11,19H,1-4H3,(H,20,21). The minimum absolute atomic E-state index is 0.140. The van der Waals surface area contributed by atoms with Crippen LogP contribution in [0.2, 0.25) is 0 Å². The maximum absolute atomic E-state index is 12.2. The van der Waals surface area contributed by atoms with Crippen LogP contribution < -0.4 is 15.4 Å². The van der Waals surface area contributed by atoms with Crippen molar-refractivity contribution in [1.29, 1.82) is 0 Å². The predicted molar refractivity (Wildman–Crippen MR) is 87.7 cm³/mol. The molecule has 0 saturated carbocycles. The molecule has 0 aliphatic carbocycles. The number of methoxy groups -OCH3 is 1. The second-order valence-corrected chi connectivity index (χ2v) is 6.02. The summed E-state index contributed by atoms with van der Waals surface area (Å²) in [5.74, 6) is 0.653. The Morgan fingerprint density at radius 3 is 2.36 bits per heavy atom. The second kappa shape index (κ2) is 6.47. The average molecular weight is 299 g/mol. The van der Waals surface area contributed by atoms with E-state index in [9.17, 15) is 4.79 Å². The molecule has 0 unspecified atom stereocenters. The van der Waals surface area contributed by atoms with Crippen LogP contribution in [0.4, 0.5) is 11.4 Å². The number of hydrogen-bond acceptors (Lipinski definition) is 4. The van der Waals surface area contributed by atoms with Crippen LogP contribution in [0.1, 0.15) is 31.1 Å². The molecule has 22 heavy (non-hydrogen) atoms. The maximum Gasteiger partial charge on any atom is 0.253 e. The fraction of sp³-hybridized carbons (Fsp3) is 0.294. The number of carbonyl (C=O) groups excluding carboxylic acids is 1. The minimum Gasteiger partial charge on any atom is -0.497 e. The van der Waals surface area contributed by atoms with E-state index < -0.39 is 0 Å². The van der Waals surface area contributed by atoms with E-state index in [4.69, 9.17) is 4.74 Å². The molecule has 116 valence electrons. The number of ether oxygens (including phenoxy) is 1. The van der Waals surface area contributed by atoms with Gasteiger partial charge in [-0.15, -0.1) is 0 Å². The van der Waals surface area contributed by atoms with Crippen LogP contribution in [0.25, 0.3) is 0 Å². The van der Waals surface area contributed by atoms with E-state index >= 15 is 0 Å². The Morgan fingerprint density at radius 2 is 1.77 bits per heavy atom. The first kappa shape index (κ1) is 15.8. The second-order valence-electron chi connectivity index (χ2n) is 6.02. The van der Waals surface area contributed by atoms with Crippen LogP contribution in [0.3, 0.4) is 0 Å². The van der Waals surface area contributed by atoms with Gasteiger partial charge in [0, 0.05) is 17.4 Å². The molecule has 5 heteroatoms. The number of hydrogen-bond donors (Lipinski definition) is 2. The summed E-state index contributed by atoms with van der Waals surface area (Å²) in [7, 11) is 1.63.